The summed E-state index contributed by atoms with van der Waals surface area (Å²) < 4.78 is 7.76. The van der Waals surface area contributed by atoms with Crippen molar-refractivity contribution in [2.75, 3.05) is 32.7 Å². The van der Waals surface area contributed by atoms with Crippen molar-refractivity contribution in [2.24, 2.45) is 5.92 Å². The Morgan fingerprint density at radius 2 is 1.77 bits per heavy atom. The molecule has 2 aliphatic heterocycles. The molecule has 2 aliphatic rings. The molecule has 0 N–H and O–H groups in total. The zero-order valence-electron chi connectivity index (χ0n) is 18.5. The van der Waals surface area contributed by atoms with E-state index in [4.69, 9.17) is 4.74 Å². The van der Waals surface area contributed by atoms with Crippen molar-refractivity contribution < 1.29 is 9.53 Å². The van der Waals surface area contributed by atoms with E-state index in [-0.39, 0.29) is 5.91 Å². The van der Waals surface area contributed by atoms with Crippen molar-refractivity contribution >= 4 is 5.91 Å². The lowest BCUT2D eigenvalue weighted by Gasteiger charge is -2.39. The number of morpholine rings is 1. The first kappa shape index (κ1) is 21.1. The Balaban J connectivity index is 1.37. The van der Waals surface area contributed by atoms with Gasteiger partial charge >= 0.3 is 0 Å². The minimum absolute atomic E-state index is 0.126. The number of hydrogen-bond acceptors (Lipinski definition) is 4. The highest BCUT2D eigenvalue weighted by Crippen LogP contribution is 2.24. The van der Waals surface area contributed by atoms with E-state index in [0.29, 0.717) is 18.1 Å². The molecule has 6 heteroatoms. The van der Waals surface area contributed by atoms with Crippen LogP contribution in [0.25, 0.3) is 5.69 Å². The van der Waals surface area contributed by atoms with Gasteiger partial charge in [-0.05, 0) is 51.2 Å². The average Bonchev–Trinajstić information content (AvgIpc) is 3.18. The number of piperidine rings is 1. The van der Waals surface area contributed by atoms with Crippen LogP contribution in [0.15, 0.2) is 36.5 Å². The fourth-order valence-corrected chi connectivity index (χ4v) is 4.97. The second-order valence-electron chi connectivity index (χ2n) is 8.82. The van der Waals surface area contributed by atoms with Crippen LogP contribution < -0.4 is 0 Å². The van der Waals surface area contributed by atoms with Crippen LogP contribution >= 0.6 is 0 Å². The molecule has 4 rings (SSSR count). The maximum atomic E-state index is 13.3. The van der Waals surface area contributed by atoms with Gasteiger partial charge in [0.15, 0.2) is 0 Å². The second kappa shape index (κ2) is 9.31. The number of ether oxygens (including phenoxy) is 1. The fraction of sp³-hybridized carbons (Fsp3) is 0.583. The highest BCUT2D eigenvalue weighted by Gasteiger charge is 2.29. The number of nitrogens with zero attached hydrogens (tertiary/aromatic N) is 4. The molecule has 30 heavy (non-hydrogen) atoms. The van der Waals surface area contributed by atoms with Crippen LogP contribution in [0.2, 0.25) is 0 Å². The summed E-state index contributed by atoms with van der Waals surface area (Å²) in [4.78, 5) is 17.8. The molecule has 2 unspecified atom stereocenters. The van der Waals surface area contributed by atoms with E-state index in [2.05, 4.69) is 30.8 Å². The van der Waals surface area contributed by atoms with Gasteiger partial charge in [0, 0.05) is 32.7 Å². The average molecular weight is 411 g/mol. The van der Waals surface area contributed by atoms with E-state index in [1.807, 2.05) is 39.9 Å². The Morgan fingerprint density at radius 3 is 2.40 bits per heavy atom. The molecule has 2 fully saturated rings. The number of hydrogen-bond donors (Lipinski definition) is 0. The van der Waals surface area contributed by atoms with Gasteiger partial charge in [0.2, 0.25) is 0 Å². The minimum Gasteiger partial charge on any atom is -0.373 e. The Bertz CT molecular complexity index is 832. The molecule has 0 spiro atoms. The second-order valence-corrected chi connectivity index (χ2v) is 8.82. The van der Waals surface area contributed by atoms with Crippen molar-refractivity contribution in [1.82, 2.24) is 19.6 Å². The quantitative estimate of drug-likeness (QED) is 0.758. The van der Waals surface area contributed by atoms with E-state index in [1.54, 1.807) is 6.20 Å². The summed E-state index contributed by atoms with van der Waals surface area (Å²) in [5.41, 5.74) is 2.74. The van der Waals surface area contributed by atoms with Gasteiger partial charge in [-0.25, -0.2) is 4.68 Å². The van der Waals surface area contributed by atoms with Crippen LogP contribution in [0.3, 0.4) is 0 Å². The van der Waals surface area contributed by atoms with Crippen molar-refractivity contribution in [1.29, 1.82) is 0 Å². The lowest BCUT2D eigenvalue weighted by Crippen LogP contribution is -2.48. The Labute approximate surface area is 179 Å². The van der Waals surface area contributed by atoms with Crippen LogP contribution in [0.4, 0.5) is 0 Å². The Hall–Kier alpha value is -2.18. The number of likely N-dealkylation sites (tertiary alicyclic amines) is 1. The largest absolute Gasteiger partial charge is 0.373 e. The van der Waals surface area contributed by atoms with Gasteiger partial charge in [-0.1, -0.05) is 25.1 Å². The summed E-state index contributed by atoms with van der Waals surface area (Å²) >= 11 is 0. The Kier molecular flexibility index (Phi) is 6.54. The van der Waals surface area contributed by atoms with E-state index >= 15 is 0 Å². The predicted molar refractivity (Wildman–Crippen MR) is 118 cm³/mol. The number of benzene rings is 1. The molecule has 1 aromatic carbocycles. The smallest absolute Gasteiger partial charge is 0.257 e. The first-order chi connectivity index (χ1) is 14.5. The van der Waals surface area contributed by atoms with Gasteiger partial charge in [0.1, 0.15) is 0 Å². The van der Waals surface area contributed by atoms with Crippen LogP contribution in [0, 0.1) is 5.92 Å². The molecule has 1 amide bonds. The molecule has 0 radical (unpaired) electrons. The summed E-state index contributed by atoms with van der Waals surface area (Å²) in [5.74, 6) is 0.783. The van der Waals surface area contributed by atoms with Gasteiger partial charge < -0.3 is 9.64 Å². The topological polar surface area (TPSA) is 50.6 Å². The number of rotatable bonds is 5. The highest BCUT2D eigenvalue weighted by molar-refractivity contribution is 5.95. The number of amides is 1. The molecule has 2 atom stereocenters. The third-order valence-corrected chi connectivity index (χ3v) is 6.35. The Morgan fingerprint density at radius 1 is 1.10 bits per heavy atom. The maximum absolute atomic E-state index is 13.3. The zero-order valence-corrected chi connectivity index (χ0v) is 18.5. The van der Waals surface area contributed by atoms with Crippen LogP contribution in [0.1, 0.15) is 49.7 Å². The third-order valence-electron chi connectivity index (χ3n) is 6.35. The van der Waals surface area contributed by atoms with Gasteiger partial charge in [-0.15, -0.1) is 0 Å². The van der Waals surface area contributed by atoms with Crippen LogP contribution in [-0.2, 0) is 11.2 Å². The molecule has 0 aliphatic carbocycles. The van der Waals surface area contributed by atoms with Gasteiger partial charge in [-0.3, -0.25) is 9.69 Å². The summed E-state index contributed by atoms with van der Waals surface area (Å²) in [6.45, 7) is 11.2. The first-order valence-electron chi connectivity index (χ1n) is 11.3. The summed E-state index contributed by atoms with van der Waals surface area (Å²) in [5, 5.41) is 4.53. The molecule has 0 bridgehead atoms. The maximum Gasteiger partial charge on any atom is 0.257 e. The molecule has 6 nitrogen and oxygen atoms in total. The lowest BCUT2D eigenvalue weighted by atomic mass is 9.95. The zero-order chi connectivity index (χ0) is 21.1. The first-order valence-corrected chi connectivity index (χ1v) is 11.3. The summed E-state index contributed by atoms with van der Waals surface area (Å²) in [6, 6.07) is 10.0. The number of para-hydroxylation sites is 1. The van der Waals surface area contributed by atoms with E-state index in [1.165, 1.54) is 0 Å². The SMILES string of the molecule is CCc1c(C(=O)N2CCC(CN3CC(C)OC(C)C3)CC2)cnn1-c1ccccc1. The standard InChI is InChI=1S/C24H34N4O2/c1-4-23-22(14-25-28(23)21-8-6-5-7-9-21)24(29)27-12-10-20(11-13-27)17-26-15-18(2)30-19(3)16-26/h5-9,14,18-20H,4,10-13,15-17H2,1-3H3. The van der Waals surface area contributed by atoms with Crippen LogP contribution in [0.5, 0.6) is 0 Å². The summed E-state index contributed by atoms with van der Waals surface area (Å²) in [7, 11) is 0. The molecule has 0 saturated carbocycles. The minimum atomic E-state index is 0.126. The molecule has 162 valence electrons. The molecule has 3 heterocycles. The molecular weight excluding hydrogens is 376 g/mol. The normalized spacial score (nSPS) is 23.6. The molecule has 1 aromatic heterocycles. The van der Waals surface area contributed by atoms with E-state index in [0.717, 1.165) is 68.9 Å². The summed E-state index contributed by atoms with van der Waals surface area (Å²) in [6.07, 6.45) is 5.28. The monoisotopic (exact) mass is 410 g/mol. The fourth-order valence-electron chi connectivity index (χ4n) is 4.97. The lowest BCUT2D eigenvalue weighted by molar-refractivity contribution is -0.0728. The number of aromatic nitrogens is 2. The number of carbonyl (C=O) groups excluding carboxylic acids is 1. The van der Waals surface area contributed by atoms with Gasteiger partial charge in [-0.2, -0.15) is 5.10 Å². The van der Waals surface area contributed by atoms with E-state index in [9.17, 15) is 4.79 Å². The van der Waals surface area contributed by atoms with Crippen molar-refractivity contribution in [2.45, 2.75) is 52.2 Å². The van der Waals surface area contributed by atoms with Crippen molar-refractivity contribution in [3.05, 3.63) is 47.8 Å². The number of carbonyl (C=O) groups is 1. The van der Waals surface area contributed by atoms with E-state index < -0.39 is 0 Å². The highest BCUT2D eigenvalue weighted by atomic mass is 16.5. The molecule has 2 aromatic rings. The van der Waals surface area contributed by atoms with Gasteiger partial charge in [0.05, 0.1) is 35.3 Å². The van der Waals surface area contributed by atoms with Gasteiger partial charge in [0.25, 0.3) is 5.91 Å². The molecular formula is C24H34N4O2. The molecule has 2 saturated heterocycles. The van der Waals surface area contributed by atoms with Crippen molar-refractivity contribution in [3.8, 4) is 5.69 Å². The van der Waals surface area contributed by atoms with Crippen molar-refractivity contribution in [3.63, 3.8) is 0 Å². The van der Waals surface area contributed by atoms with Crippen LogP contribution in [-0.4, -0.2) is 70.4 Å². The predicted octanol–water partition coefficient (Wildman–Crippen LogP) is 3.40. The third kappa shape index (κ3) is 4.60.